The first kappa shape index (κ1) is 15.0. The second-order valence-electron chi connectivity index (χ2n) is 5.36. The summed E-state index contributed by atoms with van der Waals surface area (Å²) in [6, 6.07) is 4.35. The van der Waals surface area contributed by atoms with E-state index >= 15 is 0 Å². The Bertz CT molecular complexity index is 361. The van der Waals surface area contributed by atoms with E-state index in [1.807, 2.05) is 0 Å². The van der Waals surface area contributed by atoms with E-state index in [0.29, 0.717) is 0 Å². The Morgan fingerprint density at radius 1 is 1.33 bits per heavy atom. The summed E-state index contributed by atoms with van der Waals surface area (Å²) in [5, 5.41) is 3.36. The normalized spacial score (nSPS) is 11.0. The molecular formula is C15H27N3. The summed E-state index contributed by atoms with van der Waals surface area (Å²) in [6.07, 6.45) is 1.20. The summed E-state index contributed by atoms with van der Waals surface area (Å²) in [7, 11) is 2.13. The lowest BCUT2D eigenvalue weighted by atomic mass is 10.1. The van der Waals surface area contributed by atoms with E-state index in [2.05, 4.69) is 62.1 Å². The zero-order valence-corrected chi connectivity index (χ0v) is 12.5. The first-order valence-corrected chi connectivity index (χ1v) is 6.92. The van der Waals surface area contributed by atoms with E-state index in [9.17, 15) is 0 Å². The van der Waals surface area contributed by atoms with E-state index in [1.54, 1.807) is 0 Å². The molecule has 0 unspecified atom stereocenters. The SMILES string of the molecule is CCNCc1cc(C)nc(N(C)CCC(C)C)c1. The van der Waals surface area contributed by atoms with Crippen LogP contribution in [0.4, 0.5) is 5.82 Å². The fraction of sp³-hybridized carbons (Fsp3) is 0.667. The highest BCUT2D eigenvalue weighted by Gasteiger charge is 2.06. The van der Waals surface area contributed by atoms with Gasteiger partial charge < -0.3 is 10.2 Å². The van der Waals surface area contributed by atoms with Crippen molar-refractivity contribution in [3.63, 3.8) is 0 Å². The van der Waals surface area contributed by atoms with Gasteiger partial charge in [0.15, 0.2) is 0 Å². The minimum atomic E-state index is 0.735. The Labute approximate surface area is 112 Å². The van der Waals surface area contributed by atoms with Gasteiger partial charge in [-0.2, -0.15) is 0 Å². The van der Waals surface area contributed by atoms with Crippen LogP contribution in [0, 0.1) is 12.8 Å². The Morgan fingerprint density at radius 3 is 2.67 bits per heavy atom. The molecule has 18 heavy (non-hydrogen) atoms. The van der Waals surface area contributed by atoms with E-state index in [0.717, 1.165) is 37.1 Å². The molecule has 1 heterocycles. The maximum atomic E-state index is 4.62. The highest BCUT2D eigenvalue weighted by Crippen LogP contribution is 2.15. The van der Waals surface area contributed by atoms with Crippen LogP contribution >= 0.6 is 0 Å². The van der Waals surface area contributed by atoms with Crippen LogP contribution in [0.3, 0.4) is 0 Å². The highest BCUT2D eigenvalue weighted by molar-refractivity contribution is 5.41. The highest BCUT2D eigenvalue weighted by atomic mass is 15.2. The topological polar surface area (TPSA) is 28.2 Å². The van der Waals surface area contributed by atoms with Gasteiger partial charge in [-0.15, -0.1) is 0 Å². The second-order valence-corrected chi connectivity index (χ2v) is 5.36. The molecule has 3 nitrogen and oxygen atoms in total. The zero-order valence-electron chi connectivity index (χ0n) is 12.5. The number of pyridine rings is 1. The molecule has 1 aromatic rings. The molecule has 0 bridgehead atoms. The van der Waals surface area contributed by atoms with Crippen LogP contribution in [0.1, 0.15) is 38.4 Å². The molecule has 0 aliphatic heterocycles. The van der Waals surface area contributed by atoms with Crippen molar-refractivity contribution in [1.82, 2.24) is 10.3 Å². The number of hydrogen-bond acceptors (Lipinski definition) is 3. The van der Waals surface area contributed by atoms with Gasteiger partial charge >= 0.3 is 0 Å². The van der Waals surface area contributed by atoms with Gasteiger partial charge in [0.2, 0.25) is 0 Å². The molecule has 1 aromatic heterocycles. The molecule has 0 atom stereocenters. The zero-order chi connectivity index (χ0) is 13.5. The third-order valence-electron chi connectivity index (χ3n) is 3.01. The van der Waals surface area contributed by atoms with Crippen LogP contribution in [-0.2, 0) is 6.54 Å². The molecule has 0 saturated heterocycles. The van der Waals surface area contributed by atoms with E-state index < -0.39 is 0 Å². The first-order chi connectivity index (χ1) is 8.52. The number of hydrogen-bond donors (Lipinski definition) is 1. The van der Waals surface area contributed by atoms with Gasteiger partial charge in [-0.3, -0.25) is 0 Å². The molecular weight excluding hydrogens is 222 g/mol. The second kappa shape index (κ2) is 7.37. The quantitative estimate of drug-likeness (QED) is 0.805. The van der Waals surface area contributed by atoms with Gasteiger partial charge in [0.25, 0.3) is 0 Å². The Balaban J connectivity index is 2.71. The Hall–Kier alpha value is -1.09. The fourth-order valence-electron chi connectivity index (χ4n) is 1.85. The standard InChI is InChI=1S/C15H27N3/c1-6-16-11-14-9-13(4)17-15(10-14)18(5)8-7-12(2)3/h9-10,12,16H,6-8,11H2,1-5H3. The molecule has 0 aliphatic rings. The number of nitrogens with zero attached hydrogens (tertiary/aromatic N) is 2. The lowest BCUT2D eigenvalue weighted by Gasteiger charge is -2.20. The molecule has 0 spiro atoms. The summed E-state index contributed by atoms with van der Waals surface area (Å²) in [5.74, 6) is 1.82. The predicted octanol–water partition coefficient (Wildman–Crippen LogP) is 2.98. The lowest BCUT2D eigenvalue weighted by Crippen LogP contribution is -2.22. The van der Waals surface area contributed by atoms with Crippen LogP contribution in [0.15, 0.2) is 12.1 Å². The van der Waals surface area contributed by atoms with Crippen molar-refractivity contribution < 1.29 is 0 Å². The summed E-state index contributed by atoms with van der Waals surface area (Å²) in [6.45, 7) is 11.7. The Morgan fingerprint density at radius 2 is 2.06 bits per heavy atom. The molecule has 1 rings (SSSR count). The molecule has 0 radical (unpaired) electrons. The largest absolute Gasteiger partial charge is 0.360 e. The molecule has 3 heteroatoms. The van der Waals surface area contributed by atoms with Gasteiger partial charge in [0, 0.05) is 25.8 Å². The molecule has 102 valence electrons. The summed E-state index contributed by atoms with van der Waals surface area (Å²) >= 11 is 0. The fourth-order valence-corrected chi connectivity index (χ4v) is 1.85. The minimum absolute atomic E-state index is 0.735. The number of anilines is 1. The monoisotopic (exact) mass is 249 g/mol. The van der Waals surface area contributed by atoms with Crippen molar-refractivity contribution in [2.24, 2.45) is 5.92 Å². The van der Waals surface area contributed by atoms with Crippen LogP contribution in [-0.4, -0.2) is 25.1 Å². The maximum Gasteiger partial charge on any atom is 0.128 e. The number of aromatic nitrogens is 1. The molecule has 0 fully saturated rings. The third-order valence-corrected chi connectivity index (χ3v) is 3.01. The smallest absolute Gasteiger partial charge is 0.128 e. The van der Waals surface area contributed by atoms with Crippen LogP contribution < -0.4 is 10.2 Å². The predicted molar refractivity (Wildman–Crippen MR) is 79.1 cm³/mol. The van der Waals surface area contributed by atoms with Gasteiger partial charge in [0.1, 0.15) is 5.82 Å². The molecule has 1 N–H and O–H groups in total. The van der Waals surface area contributed by atoms with Gasteiger partial charge in [-0.25, -0.2) is 4.98 Å². The molecule has 0 aliphatic carbocycles. The first-order valence-electron chi connectivity index (χ1n) is 6.92. The summed E-state index contributed by atoms with van der Waals surface area (Å²) < 4.78 is 0. The van der Waals surface area contributed by atoms with Crippen molar-refractivity contribution in [1.29, 1.82) is 0 Å². The van der Waals surface area contributed by atoms with Crippen molar-refractivity contribution in [3.05, 3.63) is 23.4 Å². The number of nitrogens with one attached hydrogen (secondary N) is 1. The van der Waals surface area contributed by atoms with Crippen molar-refractivity contribution in [2.75, 3.05) is 25.0 Å². The van der Waals surface area contributed by atoms with E-state index in [-0.39, 0.29) is 0 Å². The van der Waals surface area contributed by atoms with Crippen molar-refractivity contribution in [3.8, 4) is 0 Å². The van der Waals surface area contributed by atoms with Crippen molar-refractivity contribution >= 4 is 5.82 Å². The third kappa shape index (κ3) is 5.05. The lowest BCUT2D eigenvalue weighted by molar-refractivity contribution is 0.583. The molecule has 0 aromatic carbocycles. The minimum Gasteiger partial charge on any atom is -0.360 e. The Kier molecular flexibility index (Phi) is 6.13. The maximum absolute atomic E-state index is 4.62. The average Bonchev–Trinajstić information content (AvgIpc) is 2.32. The molecule has 0 saturated carbocycles. The van der Waals surface area contributed by atoms with Crippen molar-refractivity contribution in [2.45, 2.75) is 40.7 Å². The van der Waals surface area contributed by atoms with Crippen LogP contribution in [0.5, 0.6) is 0 Å². The van der Waals surface area contributed by atoms with Gasteiger partial charge in [-0.1, -0.05) is 20.8 Å². The van der Waals surface area contributed by atoms with E-state index in [4.69, 9.17) is 0 Å². The summed E-state index contributed by atoms with van der Waals surface area (Å²) in [5.41, 5.74) is 2.41. The number of rotatable bonds is 7. The van der Waals surface area contributed by atoms with E-state index in [1.165, 1.54) is 12.0 Å². The van der Waals surface area contributed by atoms with Crippen LogP contribution in [0.25, 0.3) is 0 Å². The number of aryl methyl sites for hydroxylation is 1. The van der Waals surface area contributed by atoms with Gasteiger partial charge in [-0.05, 0) is 43.5 Å². The van der Waals surface area contributed by atoms with Crippen LogP contribution in [0.2, 0.25) is 0 Å². The van der Waals surface area contributed by atoms with Gasteiger partial charge in [0.05, 0.1) is 0 Å². The average molecular weight is 249 g/mol. The summed E-state index contributed by atoms with van der Waals surface area (Å²) in [4.78, 5) is 6.87. The molecule has 0 amide bonds.